The van der Waals surface area contributed by atoms with Crippen LogP contribution in [0.5, 0.6) is 5.75 Å². The quantitative estimate of drug-likeness (QED) is 0.456. The van der Waals surface area contributed by atoms with Crippen LogP contribution in [0.25, 0.3) is 0 Å². The molecule has 92 valence electrons. The predicted molar refractivity (Wildman–Crippen MR) is 61.9 cm³/mol. The van der Waals surface area contributed by atoms with Crippen LogP contribution in [0.2, 0.25) is 0 Å². The molecule has 6 heteroatoms. The highest BCUT2D eigenvalue weighted by Crippen LogP contribution is 2.19. The summed E-state index contributed by atoms with van der Waals surface area (Å²) in [5, 5.41) is 25.3. The molecule has 0 unspecified atom stereocenters. The van der Waals surface area contributed by atoms with Crippen LogP contribution in [-0.4, -0.2) is 27.3 Å². The number of nitrogen functional groups attached to an aromatic ring is 1. The van der Waals surface area contributed by atoms with Gasteiger partial charge in [-0.25, -0.2) is 9.59 Å². The second kappa shape index (κ2) is 6.16. The third-order valence-corrected chi connectivity index (χ3v) is 1.62. The number of anilines is 1. The number of carbonyl (C=O) groups is 2. The fourth-order valence-electron chi connectivity index (χ4n) is 0.730. The molecule has 0 aliphatic rings. The van der Waals surface area contributed by atoms with Crippen molar-refractivity contribution in [1.29, 1.82) is 0 Å². The normalized spacial score (nSPS) is 8.76. The summed E-state index contributed by atoms with van der Waals surface area (Å²) >= 11 is 0. The van der Waals surface area contributed by atoms with Crippen LogP contribution in [0.1, 0.15) is 17.3 Å². The topological polar surface area (TPSA) is 121 Å². The number of aromatic hydroxyl groups is 1. The minimum atomic E-state index is -1.16. The lowest BCUT2D eigenvalue weighted by Crippen LogP contribution is -1.97. The first-order valence-electron chi connectivity index (χ1n) is 4.46. The second-order valence-electron chi connectivity index (χ2n) is 3.17. The largest absolute Gasteiger partial charge is 0.507 e. The van der Waals surface area contributed by atoms with Crippen molar-refractivity contribution in [2.75, 3.05) is 5.73 Å². The SMILES string of the molecule is C=C(C)C(=O)O.Nc1ccc(C(=O)O)c(O)c1. The molecule has 17 heavy (non-hydrogen) atoms. The summed E-state index contributed by atoms with van der Waals surface area (Å²) in [5.74, 6) is -2.41. The Balaban J connectivity index is 0.000000366. The highest BCUT2D eigenvalue weighted by molar-refractivity contribution is 5.91. The van der Waals surface area contributed by atoms with Gasteiger partial charge in [-0.05, 0) is 19.1 Å². The summed E-state index contributed by atoms with van der Waals surface area (Å²) in [6.45, 7) is 4.60. The van der Waals surface area contributed by atoms with Crippen molar-refractivity contribution in [3.63, 3.8) is 0 Å². The maximum Gasteiger partial charge on any atom is 0.339 e. The first-order chi connectivity index (χ1) is 7.75. The highest BCUT2D eigenvalue weighted by atomic mass is 16.4. The van der Waals surface area contributed by atoms with Crippen molar-refractivity contribution in [2.24, 2.45) is 0 Å². The molecule has 0 bridgehead atoms. The summed E-state index contributed by atoms with van der Waals surface area (Å²) in [5.41, 5.74) is 5.65. The van der Waals surface area contributed by atoms with Gasteiger partial charge in [-0.2, -0.15) is 0 Å². The summed E-state index contributed by atoms with van der Waals surface area (Å²) in [6.07, 6.45) is 0. The van der Waals surface area contributed by atoms with Crippen LogP contribution in [0.3, 0.4) is 0 Å². The third kappa shape index (κ3) is 5.22. The van der Waals surface area contributed by atoms with Crippen LogP contribution in [0.15, 0.2) is 30.4 Å². The van der Waals surface area contributed by atoms with E-state index < -0.39 is 11.9 Å². The van der Waals surface area contributed by atoms with Gasteiger partial charge >= 0.3 is 11.9 Å². The van der Waals surface area contributed by atoms with E-state index in [0.717, 1.165) is 0 Å². The van der Waals surface area contributed by atoms with Gasteiger partial charge in [0.25, 0.3) is 0 Å². The minimum Gasteiger partial charge on any atom is -0.507 e. The van der Waals surface area contributed by atoms with Gasteiger partial charge < -0.3 is 21.1 Å². The van der Waals surface area contributed by atoms with Gasteiger partial charge in [0.1, 0.15) is 11.3 Å². The number of carboxylic acids is 2. The fraction of sp³-hybridized carbons (Fsp3) is 0.0909. The first kappa shape index (κ1) is 14.5. The Morgan fingerprint density at radius 2 is 1.76 bits per heavy atom. The van der Waals surface area contributed by atoms with E-state index in [0.29, 0.717) is 5.69 Å². The standard InChI is InChI=1S/C7H7NO3.C4H6O2/c8-4-1-2-5(7(10)11)6(9)3-4;1-3(2)4(5)6/h1-3,9H,8H2,(H,10,11);1H2,2H3,(H,5,6). The Kier molecular flexibility index (Phi) is 5.26. The van der Waals surface area contributed by atoms with E-state index in [-0.39, 0.29) is 16.9 Å². The molecule has 0 aromatic heterocycles. The van der Waals surface area contributed by atoms with Gasteiger partial charge in [0.05, 0.1) is 0 Å². The molecule has 0 amide bonds. The molecule has 0 spiro atoms. The van der Waals surface area contributed by atoms with Gasteiger partial charge in [0.15, 0.2) is 0 Å². The smallest absolute Gasteiger partial charge is 0.339 e. The van der Waals surface area contributed by atoms with Gasteiger partial charge in [-0.3, -0.25) is 0 Å². The summed E-state index contributed by atoms with van der Waals surface area (Å²) in [7, 11) is 0. The number of rotatable bonds is 2. The molecular weight excluding hydrogens is 226 g/mol. The van der Waals surface area contributed by atoms with Gasteiger partial charge in [0, 0.05) is 17.3 Å². The van der Waals surface area contributed by atoms with E-state index in [1.807, 2.05) is 0 Å². The third-order valence-electron chi connectivity index (χ3n) is 1.62. The molecule has 0 atom stereocenters. The average molecular weight is 239 g/mol. The molecule has 1 aromatic rings. The molecule has 0 saturated heterocycles. The molecule has 1 rings (SSSR count). The van der Waals surface area contributed by atoms with E-state index in [2.05, 4.69) is 6.58 Å². The monoisotopic (exact) mass is 239 g/mol. The van der Waals surface area contributed by atoms with E-state index in [4.69, 9.17) is 21.1 Å². The number of phenols is 1. The Morgan fingerprint density at radius 3 is 2.06 bits per heavy atom. The Bertz CT molecular complexity index is 441. The molecule has 0 aliphatic heterocycles. The van der Waals surface area contributed by atoms with Crippen LogP contribution in [-0.2, 0) is 4.79 Å². The summed E-state index contributed by atoms with van der Waals surface area (Å²) in [6, 6.07) is 3.87. The molecule has 0 fully saturated rings. The number of aromatic carboxylic acids is 1. The predicted octanol–water partition coefficient (Wildman–Crippen LogP) is 1.32. The molecule has 6 nitrogen and oxygen atoms in total. The van der Waals surface area contributed by atoms with Gasteiger partial charge in [-0.1, -0.05) is 6.58 Å². The van der Waals surface area contributed by atoms with E-state index >= 15 is 0 Å². The van der Waals surface area contributed by atoms with E-state index in [1.54, 1.807) is 0 Å². The van der Waals surface area contributed by atoms with Crippen molar-refractivity contribution in [3.05, 3.63) is 35.9 Å². The summed E-state index contributed by atoms with van der Waals surface area (Å²) < 4.78 is 0. The Labute approximate surface area is 97.6 Å². The number of hydrogen-bond acceptors (Lipinski definition) is 4. The van der Waals surface area contributed by atoms with Crippen LogP contribution >= 0.6 is 0 Å². The maximum atomic E-state index is 10.3. The average Bonchev–Trinajstić information content (AvgIpc) is 2.17. The van der Waals surface area contributed by atoms with Crippen LogP contribution in [0.4, 0.5) is 5.69 Å². The molecular formula is C11H13NO5. The molecule has 0 radical (unpaired) electrons. The first-order valence-corrected chi connectivity index (χ1v) is 4.46. The fourth-order valence-corrected chi connectivity index (χ4v) is 0.730. The van der Waals surface area contributed by atoms with Crippen molar-refractivity contribution in [1.82, 2.24) is 0 Å². The zero-order valence-corrected chi connectivity index (χ0v) is 9.17. The number of hydrogen-bond donors (Lipinski definition) is 4. The second-order valence-corrected chi connectivity index (χ2v) is 3.17. The summed E-state index contributed by atoms with van der Waals surface area (Å²) in [4.78, 5) is 19.9. The number of carboxylic acid groups (broad SMARTS) is 2. The van der Waals surface area contributed by atoms with Crippen molar-refractivity contribution >= 4 is 17.6 Å². The maximum absolute atomic E-state index is 10.3. The lowest BCUT2D eigenvalue weighted by Gasteiger charge is -1.98. The lowest BCUT2D eigenvalue weighted by atomic mass is 10.2. The van der Waals surface area contributed by atoms with Gasteiger partial charge in [-0.15, -0.1) is 0 Å². The minimum absolute atomic E-state index is 0.140. The van der Waals surface area contributed by atoms with Crippen molar-refractivity contribution in [3.8, 4) is 5.75 Å². The molecule has 0 aliphatic carbocycles. The Hall–Kier alpha value is -2.50. The van der Waals surface area contributed by atoms with Gasteiger partial charge in [0.2, 0.25) is 0 Å². The zero-order valence-electron chi connectivity index (χ0n) is 9.17. The van der Waals surface area contributed by atoms with E-state index in [9.17, 15) is 9.59 Å². The van der Waals surface area contributed by atoms with Crippen LogP contribution in [0, 0.1) is 0 Å². The number of benzene rings is 1. The zero-order chi connectivity index (χ0) is 13.6. The Morgan fingerprint density at radius 1 is 1.29 bits per heavy atom. The van der Waals surface area contributed by atoms with Crippen molar-refractivity contribution < 1.29 is 24.9 Å². The molecule has 0 heterocycles. The molecule has 0 saturated carbocycles. The number of aliphatic carboxylic acids is 1. The van der Waals surface area contributed by atoms with Crippen LogP contribution < -0.4 is 5.73 Å². The lowest BCUT2D eigenvalue weighted by molar-refractivity contribution is -0.132. The van der Waals surface area contributed by atoms with Crippen molar-refractivity contribution in [2.45, 2.75) is 6.92 Å². The highest BCUT2D eigenvalue weighted by Gasteiger charge is 2.07. The van der Waals surface area contributed by atoms with E-state index in [1.165, 1.54) is 25.1 Å². The number of nitrogens with two attached hydrogens (primary N) is 1. The molecule has 1 aromatic carbocycles. The molecule has 5 N–H and O–H groups in total.